The number of hydrogen-bond donors (Lipinski definition) is 1. The summed E-state index contributed by atoms with van der Waals surface area (Å²) in [5.41, 5.74) is 6.77. The number of aromatic nitrogens is 4. The fourth-order valence-electron chi connectivity index (χ4n) is 4.80. The third kappa shape index (κ3) is 5.65. The number of fused-ring (bicyclic) bond motifs is 1. The maximum Gasteiger partial charge on any atom is 0.225 e. The van der Waals surface area contributed by atoms with Crippen molar-refractivity contribution in [1.82, 2.24) is 19.5 Å². The van der Waals surface area contributed by atoms with Gasteiger partial charge in [-0.25, -0.2) is 9.97 Å². The van der Waals surface area contributed by atoms with Gasteiger partial charge in [0.2, 0.25) is 5.95 Å². The van der Waals surface area contributed by atoms with Crippen LogP contribution in [0.3, 0.4) is 0 Å². The first-order chi connectivity index (χ1) is 19.2. The van der Waals surface area contributed by atoms with Gasteiger partial charge in [-0.3, -0.25) is 4.57 Å². The molecule has 1 N–H and O–H groups in total. The van der Waals surface area contributed by atoms with Gasteiger partial charge < -0.3 is 10.2 Å². The molecule has 0 amide bonds. The van der Waals surface area contributed by atoms with Crippen LogP contribution < -0.4 is 10.2 Å². The number of nitrogens with one attached hydrogen (secondary N) is 1. The van der Waals surface area contributed by atoms with E-state index in [1.807, 2.05) is 35.2 Å². The summed E-state index contributed by atoms with van der Waals surface area (Å²) in [4.78, 5) is 16.4. The van der Waals surface area contributed by atoms with Crippen molar-refractivity contribution in [3.63, 3.8) is 0 Å². The lowest BCUT2D eigenvalue weighted by Gasteiger charge is -2.25. The van der Waals surface area contributed by atoms with Gasteiger partial charge in [-0.1, -0.05) is 91.0 Å². The topological polar surface area (TPSA) is 58.9 Å². The molecule has 0 fully saturated rings. The maximum atomic E-state index is 4.79. The van der Waals surface area contributed by atoms with E-state index in [2.05, 4.69) is 113 Å². The van der Waals surface area contributed by atoms with Crippen LogP contribution in [0.4, 0.5) is 11.6 Å². The molecule has 2 aromatic heterocycles. The van der Waals surface area contributed by atoms with Crippen LogP contribution >= 0.6 is 0 Å². The van der Waals surface area contributed by atoms with Crippen molar-refractivity contribution in [2.45, 2.75) is 26.1 Å². The fraction of sp³-hybridized carbons (Fsp3) is 0.121. The van der Waals surface area contributed by atoms with E-state index in [4.69, 9.17) is 9.97 Å². The minimum absolute atomic E-state index is 0.0868. The number of anilines is 2. The van der Waals surface area contributed by atoms with Crippen molar-refractivity contribution < 1.29 is 0 Å². The van der Waals surface area contributed by atoms with Crippen LogP contribution in [0, 0.1) is 0 Å². The normalized spacial score (nSPS) is 11.8. The molecule has 1 unspecified atom stereocenters. The molecule has 1 atom stereocenters. The highest BCUT2D eigenvalue weighted by molar-refractivity contribution is 5.81. The Kier molecular flexibility index (Phi) is 6.99. The van der Waals surface area contributed by atoms with Crippen LogP contribution in [-0.2, 0) is 13.1 Å². The first kappa shape index (κ1) is 24.4. The lowest BCUT2D eigenvalue weighted by Crippen LogP contribution is -2.22. The van der Waals surface area contributed by atoms with Crippen LogP contribution in [0.15, 0.2) is 128 Å². The Hall–Kier alpha value is -4.97. The minimum Gasteiger partial charge on any atom is -0.363 e. The highest BCUT2D eigenvalue weighted by Gasteiger charge is 2.14. The summed E-state index contributed by atoms with van der Waals surface area (Å²) >= 11 is 0. The van der Waals surface area contributed by atoms with E-state index in [0.29, 0.717) is 5.95 Å². The first-order valence-corrected chi connectivity index (χ1v) is 13.2. The zero-order chi connectivity index (χ0) is 26.4. The molecule has 6 aromatic rings. The van der Waals surface area contributed by atoms with E-state index >= 15 is 0 Å². The largest absolute Gasteiger partial charge is 0.363 e. The van der Waals surface area contributed by atoms with Gasteiger partial charge in [-0.15, -0.1) is 0 Å². The zero-order valence-corrected chi connectivity index (χ0v) is 21.9. The Morgan fingerprint density at radius 2 is 1.38 bits per heavy atom. The van der Waals surface area contributed by atoms with Gasteiger partial charge in [0.25, 0.3) is 0 Å². The number of nitrogens with zero attached hydrogens (tertiary/aromatic N) is 5. The molecular weight excluding hydrogens is 480 g/mol. The van der Waals surface area contributed by atoms with Gasteiger partial charge >= 0.3 is 0 Å². The van der Waals surface area contributed by atoms with Gasteiger partial charge in [0.15, 0.2) is 0 Å². The zero-order valence-electron chi connectivity index (χ0n) is 21.9. The molecule has 0 saturated heterocycles. The van der Waals surface area contributed by atoms with E-state index in [1.165, 1.54) is 16.7 Å². The first-order valence-electron chi connectivity index (χ1n) is 13.2. The Bertz CT molecular complexity index is 1610. The van der Waals surface area contributed by atoms with Gasteiger partial charge in [-0.05, 0) is 47.9 Å². The molecule has 0 aliphatic heterocycles. The van der Waals surface area contributed by atoms with Gasteiger partial charge in [0.05, 0.1) is 17.1 Å². The second-order valence-corrected chi connectivity index (χ2v) is 9.63. The van der Waals surface area contributed by atoms with E-state index in [1.54, 1.807) is 6.20 Å². The van der Waals surface area contributed by atoms with Gasteiger partial charge in [0.1, 0.15) is 12.1 Å². The SMILES string of the molecule is CC(Nc1nccc(-n2cnc3cc(N(Cc4ccccc4)Cc4ccccc4)ccc32)n1)c1ccccc1. The summed E-state index contributed by atoms with van der Waals surface area (Å²) < 4.78 is 2.01. The smallest absolute Gasteiger partial charge is 0.225 e. The highest BCUT2D eigenvalue weighted by atomic mass is 15.2. The van der Waals surface area contributed by atoms with Crippen molar-refractivity contribution in [3.8, 4) is 5.82 Å². The third-order valence-electron chi connectivity index (χ3n) is 6.86. The minimum atomic E-state index is 0.0868. The molecule has 6 rings (SSSR count). The van der Waals surface area contributed by atoms with E-state index in [0.717, 1.165) is 35.6 Å². The standard InChI is InChI=1S/C33H30N6/c1-25(28-15-9-4-10-16-28)36-33-34-20-19-32(37-33)39-24-35-30-21-29(17-18-31(30)39)38(22-26-11-5-2-6-12-26)23-27-13-7-3-8-14-27/h2-21,24-25H,22-23H2,1H3,(H,34,36,37). The quantitative estimate of drug-likeness (QED) is 0.223. The van der Waals surface area contributed by atoms with Crippen molar-refractivity contribution in [2.24, 2.45) is 0 Å². The summed E-state index contributed by atoms with van der Waals surface area (Å²) in [6.45, 7) is 3.72. The van der Waals surface area contributed by atoms with Crippen LogP contribution in [0.5, 0.6) is 0 Å². The van der Waals surface area contributed by atoms with Crippen molar-refractivity contribution in [3.05, 3.63) is 144 Å². The van der Waals surface area contributed by atoms with Crippen LogP contribution in [-0.4, -0.2) is 19.5 Å². The molecule has 2 heterocycles. The number of benzene rings is 4. The van der Waals surface area contributed by atoms with Crippen molar-refractivity contribution in [2.75, 3.05) is 10.2 Å². The predicted octanol–water partition coefficient (Wildman–Crippen LogP) is 7.20. The molecule has 0 bridgehead atoms. The molecule has 4 aromatic carbocycles. The lowest BCUT2D eigenvalue weighted by molar-refractivity contribution is 0.800. The van der Waals surface area contributed by atoms with Gasteiger partial charge in [-0.2, -0.15) is 4.98 Å². The summed E-state index contributed by atoms with van der Waals surface area (Å²) in [6.07, 6.45) is 3.62. The molecule has 39 heavy (non-hydrogen) atoms. The van der Waals surface area contributed by atoms with Gasteiger partial charge in [0, 0.05) is 25.0 Å². The lowest BCUT2D eigenvalue weighted by atomic mass is 10.1. The summed E-state index contributed by atoms with van der Waals surface area (Å²) in [7, 11) is 0. The molecule has 6 nitrogen and oxygen atoms in total. The van der Waals surface area contributed by atoms with Crippen molar-refractivity contribution >= 4 is 22.7 Å². The molecule has 0 aliphatic rings. The predicted molar refractivity (Wildman–Crippen MR) is 158 cm³/mol. The third-order valence-corrected chi connectivity index (χ3v) is 6.86. The summed E-state index contributed by atoms with van der Waals surface area (Å²) in [5, 5.41) is 3.42. The molecular formula is C33H30N6. The average molecular weight is 511 g/mol. The molecule has 192 valence electrons. The Morgan fingerprint density at radius 3 is 2.05 bits per heavy atom. The fourth-order valence-corrected chi connectivity index (χ4v) is 4.80. The van der Waals surface area contributed by atoms with Crippen molar-refractivity contribution in [1.29, 1.82) is 0 Å². The molecule has 0 spiro atoms. The average Bonchev–Trinajstić information content (AvgIpc) is 3.42. The van der Waals surface area contributed by atoms with E-state index in [9.17, 15) is 0 Å². The molecule has 6 heteroatoms. The monoisotopic (exact) mass is 510 g/mol. The Labute approximate surface area is 228 Å². The maximum absolute atomic E-state index is 4.79. The number of rotatable bonds is 9. The van der Waals surface area contributed by atoms with E-state index in [-0.39, 0.29) is 6.04 Å². The Morgan fingerprint density at radius 1 is 0.744 bits per heavy atom. The number of imidazole rings is 1. The van der Waals surface area contributed by atoms with Crippen LogP contribution in [0.1, 0.15) is 29.7 Å². The van der Waals surface area contributed by atoms with Crippen LogP contribution in [0.2, 0.25) is 0 Å². The molecule has 0 saturated carbocycles. The van der Waals surface area contributed by atoms with Crippen LogP contribution in [0.25, 0.3) is 16.9 Å². The summed E-state index contributed by atoms with van der Waals surface area (Å²) in [6, 6.07) is 39.9. The Balaban J connectivity index is 1.28. The molecule has 0 aliphatic carbocycles. The second kappa shape index (κ2) is 11.2. The summed E-state index contributed by atoms with van der Waals surface area (Å²) in [5.74, 6) is 1.35. The highest BCUT2D eigenvalue weighted by Crippen LogP contribution is 2.26. The molecule has 0 radical (unpaired) electrons. The van der Waals surface area contributed by atoms with E-state index < -0.39 is 0 Å². The second-order valence-electron chi connectivity index (χ2n) is 9.63. The number of hydrogen-bond acceptors (Lipinski definition) is 5.